The van der Waals surface area contributed by atoms with Gasteiger partial charge in [-0.25, -0.2) is 0 Å². The number of rotatable bonds is 3. The highest BCUT2D eigenvalue weighted by Crippen LogP contribution is 2.25. The Morgan fingerprint density at radius 3 is 2.44 bits per heavy atom. The number of thioether (sulfide) groups is 1. The second-order valence-corrected chi connectivity index (χ2v) is 6.91. The van der Waals surface area contributed by atoms with E-state index in [1.54, 1.807) is 6.07 Å². The van der Waals surface area contributed by atoms with E-state index in [2.05, 4.69) is 18.7 Å². The van der Waals surface area contributed by atoms with Gasteiger partial charge in [-0.15, -0.1) is 0 Å². The maximum atomic E-state index is 9.37. The van der Waals surface area contributed by atoms with Crippen LogP contribution in [-0.4, -0.2) is 45.7 Å². The molecule has 2 atom stereocenters. The van der Waals surface area contributed by atoms with Crippen LogP contribution in [0.5, 0.6) is 0 Å². The molecule has 0 radical (unpaired) electrons. The summed E-state index contributed by atoms with van der Waals surface area (Å²) in [5, 5.41) is 20.0. The molecule has 0 spiro atoms. The van der Waals surface area contributed by atoms with Crippen LogP contribution in [0.25, 0.3) is 0 Å². The standard InChI is InChI=1S/C13H20BNO2S/c1-10-7-15(8-11(2)18-10)9-12-5-3-4-6-13(12)14(16)17/h3-6,10-11,16-17H,7-9H2,1-2H3. The maximum absolute atomic E-state index is 9.37. The molecular formula is C13H20BNO2S. The summed E-state index contributed by atoms with van der Waals surface area (Å²) in [5.74, 6) is 0. The van der Waals surface area contributed by atoms with Crippen LogP contribution in [0.4, 0.5) is 0 Å². The fraction of sp³-hybridized carbons (Fsp3) is 0.538. The van der Waals surface area contributed by atoms with E-state index in [1.165, 1.54) is 0 Å². The summed E-state index contributed by atoms with van der Waals surface area (Å²) in [6.07, 6.45) is 0. The normalized spacial score (nSPS) is 25.1. The predicted octanol–water partition coefficient (Wildman–Crippen LogP) is 0.692. The number of nitrogens with zero attached hydrogens (tertiary/aromatic N) is 1. The largest absolute Gasteiger partial charge is 0.488 e. The minimum absolute atomic E-state index is 0.621. The van der Waals surface area contributed by atoms with Crippen molar-refractivity contribution in [1.82, 2.24) is 4.90 Å². The molecule has 1 aromatic carbocycles. The van der Waals surface area contributed by atoms with E-state index in [9.17, 15) is 10.0 Å². The van der Waals surface area contributed by atoms with Crippen molar-refractivity contribution in [2.45, 2.75) is 30.9 Å². The molecule has 2 rings (SSSR count). The van der Waals surface area contributed by atoms with Crippen LogP contribution in [0.2, 0.25) is 0 Å². The van der Waals surface area contributed by atoms with Crippen molar-refractivity contribution in [2.75, 3.05) is 13.1 Å². The highest BCUT2D eigenvalue weighted by Gasteiger charge is 2.24. The summed E-state index contributed by atoms with van der Waals surface area (Å²) in [6, 6.07) is 7.56. The van der Waals surface area contributed by atoms with E-state index in [4.69, 9.17) is 0 Å². The van der Waals surface area contributed by atoms with Crippen molar-refractivity contribution in [3.63, 3.8) is 0 Å². The third-order valence-electron chi connectivity index (χ3n) is 3.22. The Morgan fingerprint density at radius 1 is 1.22 bits per heavy atom. The molecule has 0 aliphatic carbocycles. The summed E-state index contributed by atoms with van der Waals surface area (Å²) < 4.78 is 0. The van der Waals surface area contributed by atoms with Gasteiger partial charge in [0.05, 0.1) is 0 Å². The fourth-order valence-corrected chi connectivity index (χ4v) is 3.97. The van der Waals surface area contributed by atoms with Gasteiger partial charge in [0.25, 0.3) is 0 Å². The summed E-state index contributed by atoms with van der Waals surface area (Å²) in [6.45, 7) is 7.42. The Balaban J connectivity index is 2.09. The second-order valence-electron chi connectivity index (χ2n) is 5.02. The van der Waals surface area contributed by atoms with Crippen molar-refractivity contribution in [2.24, 2.45) is 0 Å². The van der Waals surface area contributed by atoms with Crippen molar-refractivity contribution >= 4 is 24.3 Å². The zero-order chi connectivity index (χ0) is 13.1. The number of benzene rings is 1. The quantitative estimate of drug-likeness (QED) is 0.789. The first-order chi connectivity index (χ1) is 8.56. The molecule has 0 amide bonds. The summed E-state index contributed by atoms with van der Waals surface area (Å²) in [5.41, 5.74) is 1.63. The van der Waals surface area contributed by atoms with Gasteiger partial charge in [-0.05, 0) is 11.0 Å². The van der Waals surface area contributed by atoms with Crippen LogP contribution >= 0.6 is 11.8 Å². The van der Waals surface area contributed by atoms with Gasteiger partial charge >= 0.3 is 7.12 Å². The molecule has 1 aliphatic heterocycles. The van der Waals surface area contributed by atoms with Gasteiger partial charge in [-0.3, -0.25) is 4.90 Å². The Kier molecular flexibility index (Phi) is 4.73. The zero-order valence-electron chi connectivity index (χ0n) is 10.9. The summed E-state index contributed by atoms with van der Waals surface area (Å²) in [4.78, 5) is 2.40. The average molecular weight is 265 g/mol. The van der Waals surface area contributed by atoms with Gasteiger partial charge in [-0.2, -0.15) is 11.8 Å². The van der Waals surface area contributed by atoms with Crippen LogP contribution in [-0.2, 0) is 6.54 Å². The van der Waals surface area contributed by atoms with Crippen molar-refractivity contribution in [3.8, 4) is 0 Å². The number of hydrogen-bond donors (Lipinski definition) is 2. The third kappa shape index (κ3) is 3.51. The van der Waals surface area contributed by atoms with E-state index in [0.29, 0.717) is 16.0 Å². The van der Waals surface area contributed by atoms with Crippen molar-refractivity contribution < 1.29 is 10.0 Å². The van der Waals surface area contributed by atoms with E-state index >= 15 is 0 Å². The molecule has 98 valence electrons. The van der Waals surface area contributed by atoms with Crippen molar-refractivity contribution in [3.05, 3.63) is 29.8 Å². The van der Waals surface area contributed by atoms with Crippen LogP contribution in [0, 0.1) is 0 Å². The molecule has 1 aromatic rings. The molecule has 2 unspecified atom stereocenters. The van der Waals surface area contributed by atoms with E-state index < -0.39 is 7.12 Å². The highest BCUT2D eigenvalue weighted by atomic mass is 32.2. The lowest BCUT2D eigenvalue weighted by molar-refractivity contribution is 0.263. The first kappa shape index (κ1) is 13.9. The first-order valence-corrected chi connectivity index (χ1v) is 7.32. The van der Waals surface area contributed by atoms with Gasteiger partial charge in [-0.1, -0.05) is 38.1 Å². The Bertz CT molecular complexity index is 392. The highest BCUT2D eigenvalue weighted by molar-refractivity contribution is 8.00. The minimum atomic E-state index is -1.38. The molecular weight excluding hydrogens is 245 g/mol. The van der Waals surface area contributed by atoms with Gasteiger partial charge < -0.3 is 10.0 Å². The third-order valence-corrected chi connectivity index (χ3v) is 4.45. The Hall–Kier alpha value is -0.485. The van der Waals surface area contributed by atoms with E-state index in [1.807, 2.05) is 30.0 Å². The molecule has 0 saturated carbocycles. The smallest absolute Gasteiger partial charge is 0.423 e. The maximum Gasteiger partial charge on any atom is 0.488 e. The zero-order valence-corrected chi connectivity index (χ0v) is 11.7. The van der Waals surface area contributed by atoms with Crippen molar-refractivity contribution in [1.29, 1.82) is 0 Å². The molecule has 0 bridgehead atoms. The second kappa shape index (κ2) is 6.11. The number of hydrogen-bond acceptors (Lipinski definition) is 4. The molecule has 3 nitrogen and oxygen atoms in total. The van der Waals surface area contributed by atoms with Gasteiger partial charge in [0.15, 0.2) is 0 Å². The summed E-state index contributed by atoms with van der Waals surface area (Å²) in [7, 11) is -1.38. The molecule has 1 saturated heterocycles. The SMILES string of the molecule is CC1CN(Cc2ccccc2B(O)O)CC(C)S1. The lowest BCUT2D eigenvalue weighted by Crippen LogP contribution is -2.42. The van der Waals surface area contributed by atoms with Crippen LogP contribution in [0.15, 0.2) is 24.3 Å². The molecule has 2 N–H and O–H groups in total. The molecule has 0 aromatic heterocycles. The topological polar surface area (TPSA) is 43.7 Å². The molecule has 1 heterocycles. The molecule has 5 heteroatoms. The molecule has 18 heavy (non-hydrogen) atoms. The summed E-state index contributed by atoms with van der Waals surface area (Å²) >= 11 is 2.03. The average Bonchev–Trinajstić information content (AvgIpc) is 2.27. The monoisotopic (exact) mass is 265 g/mol. The van der Waals surface area contributed by atoms with E-state index in [-0.39, 0.29) is 0 Å². The van der Waals surface area contributed by atoms with Crippen LogP contribution < -0.4 is 5.46 Å². The van der Waals surface area contributed by atoms with Crippen LogP contribution in [0.3, 0.4) is 0 Å². The minimum Gasteiger partial charge on any atom is -0.423 e. The predicted molar refractivity (Wildman–Crippen MR) is 78.1 cm³/mol. The molecule has 1 aliphatic rings. The van der Waals surface area contributed by atoms with Gasteiger partial charge in [0, 0.05) is 30.1 Å². The Labute approximate surface area is 113 Å². The lowest BCUT2D eigenvalue weighted by Gasteiger charge is -2.35. The first-order valence-electron chi connectivity index (χ1n) is 6.38. The lowest BCUT2D eigenvalue weighted by atomic mass is 9.77. The fourth-order valence-electron chi connectivity index (χ4n) is 2.58. The van der Waals surface area contributed by atoms with Gasteiger partial charge in [0.1, 0.15) is 0 Å². The van der Waals surface area contributed by atoms with Crippen LogP contribution in [0.1, 0.15) is 19.4 Å². The Morgan fingerprint density at radius 2 is 1.83 bits per heavy atom. The van der Waals surface area contributed by atoms with Gasteiger partial charge in [0.2, 0.25) is 0 Å². The molecule has 1 fully saturated rings. The van der Waals surface area contributed by atoms with E-state index in [0.717, 1.165) is 25.2 Å².